The fourth-order valence-corrected chi connectivity index (χ4v) is 3.45. The van der Waals surface area contributed by atoms with Crippen LogP contribution < -0.4 is 10.6 Å². The third-order valence-corrected chi connectivity index (χ3v) is 4.82. The van der Waals surface area contributed by atoms with Gasteiger partial charge in [0.1, 0.15) is 0 Å². The molecule has 0 saturated carbocycles. The SMILES string of the molecule is CC(NC(=O)CCCNC(=O)c1ccco1)C(c1ccccc1)c1ccccc1. The number of hydrogen-bond donors (Lipinski definition) is 2. The lowest BCUT2D eigenvalue weighted by Crippen LogP contribution is -2.37. The van der Waals surface area contributed by atoms with Crippen molar-refractivity contribution in [1.29, 1.82) is 0 Å². The first-order valence-electron chi connectivity index (χ1n) is 9.86. The van der Waals surface area contributed by atoms with Crippen molar-refractivity contribution in [2.75, 3.05) is 6.54 Å². The average molecular weight is 390 g/mol. The Morgan fingerprint density at radius 1 is 0.897 bits per heavy atom. The fourth-order valence-electron chi connectivity index (χ4n) is 3.45. The van der Waals surface area contributed by atoms with Gasteiger partial charge in [0.2, 0.25) is 5.91 Å². The summed E-state index contributed by atoms with van der Waals surface area (Å²) in [6.07, 6.45) is 2.37. The second-order valence-electron chi connectivity index (χ2n) is 6.99. The van der Waals surface area contributed by atoms with Crippen LogP contribution in [0, 0.1) is 0 Å². The third-order valence-electron chi connectivity index (χ3n) is 4.82. The molecule has 0 radical (unpaired) electrons. The predicted octanol–water partition coefficient (Wildman–Crippen LogP) is 4.13. The maximum Gasteiger partial charge on any atom is 0.286 e. The first kappa shape index (κ1) is 20.4. The highest BCUT2D eigenvalue weighted by atomic mass is 16.3. The van der Waals surface area contributed by atoms with Gasteiger partial charge in [0.25, 0.3) is 5.91 Å². The van der Waals surface area contributed by atoms with Crippen LogP contribution in [0.25, 0.3) is 0 Å². The molecule has 0 bridgehead atoms. The van der Waals surface area contributed by atoms with Gasteiger partial charge in [-0.1, -0.05) is 60.7 Å². The smallest absolute Gasteiger partial charge is 0.286 e. The summed E-state index contributed by atoms with van der Waals surface area (Å²) in [5.74, 6) is 0.0512. The van der Waals surface area contributed by atoms with E-state index in [1.54, 1.807) is 12.1 Å². The third kappa shape index (κ3) is 5.82. The van der Waals surface area contributed by atoms with Crippen LogP contribution in [0.1, 0.15) is 47.4 Å². The molecule has 1 aromatic heterocycles. The van der Waals surface area contributed by atoms with E-state index in [0.717, 1.165) is 11.1 Å². The van der Waals surface area contributed by atoms with Crippen LogP contribution in [0.5, 0.6) is 0 Å². The first-order chi connectivity index (χ1) is 14.1. The van der Waals surface area contributed by atoms with Gasteiger partial charge >= 0.3 is 0 Å². The van der Waals surface area contributed by atoms with Gasteiger partial charge in [-0.15, -0.1) is 0 Å². The van der Waals surface area contributed by atoms with Crippen LogP contribution in [0.2, 0.25) is 0 Å². The van der Waals surface area contributed by atoms with E-state index in [1.807, 2.05) is 43.3 Å². The van der Waals surface area contributed by atoms with Crippen molar-refractivity contribution in [3.8, 4) is 0 Å². The van der Waals surface area contributed by atoms with Gasteiger partial charge in [0.15, 0.2) is 5.76 Å². The van der Waals surface area contributed by atoms with E-state index in [1.165, 1.54) is 6.26 Å². The molecule has 1 heterocycles. The molecule has 2 N–H and O–H groups in total. The second kappa shape index (κ2) is 10.3. The maximum atomic E-state index is 12.5. The maximum absolute atomic E-state index is 12.5. The Morgan fingerprint density at radius 3 is 2.07 bits per heavy atom. The second-order valence-corrected chi connectivity index (χ2v) is 6.99. The molecule has 3 rings (SSSR count). The van der Waals surface area contributed by atoms with E-state index in [2.05, 4.69) is 34.9 Å². The zero-order valence-electron chi connectivity index (χ0n) is 16.5. The summed E-state index contributed by atoms with van der Waals surface area (Å²) in [4.78, 5) is 24.3. The monoisotopic (exact) mass is 390 g/mol. The summed E-state index contributed by atoms with van der Waals surface area (Å²) >= 11 is 0. The van der Waals surface area contributed by atoms with Crippen molar-refractivity contribution in [1.82, 2.24) is 10.6 Å². The summed E-state index contributed by atoms with van der Waals surface area (Å²) in [6.45, 7) is 2.45. The van der Waals surface area contributed by atoms with Crippen LogP contribution in [0.15, 0.2) is 83.5 Å². The number of nitrogens with one attached hydrogen (secondary N) is 2. The lowest BCUT2D eigenvalue weighted by molar-refractivity contribution is -0.121. The van der Waals surface area contributed by atoms with E-state index >= 15 is 0 Å². The van der Waals surface area contributed by atoms with Crippen LogP contribution in [0.4, 0.5) is 0 Å². The van der Waals surface area contributed by atoms with Gasteiger partial charge in [-0.25, -0.2) is 0 Å². The summed E-state index contributed by atoms with van der Waals surface area (Å²) in [6, 6.07) is 23.6. The van der Waals surface area contributed by atoms with Crippen LogP contribution in [-0.4, -0.2) is 24.4 Å². The van der Waals surface area contributed by atoms with E-state index in [9.17, 15) is 9.59 Å². The highest BCUT2D eigenvalue weighted by Gasteiger charge is 2.22. The molecule has 150 valence electrons. The lowest BCUT2D eigenvalue weighted by atomic mass is 9.86. The van der Waals surface area contributed by atoms with Crippen molar-refractivity contribution >= 4 is 11.8 Å². The molecule has 0 aliphatic rings. The number of carbonyl (C=O) groups is 2. The van der Waals surface area contributed by atoms with Crippen molar-refractivity contribution in [3.63, 3.8) is 0 Å². The molecule has 2 amide bonds. The van der Waals surface area contributed by atoms with Crippen molar-refractivity contribution in [2.24, 2.45) is 0 Å². The Bertz CT molecular complexity index is 853. The zero-order valence-corrected chi connectivity index (χ0v) is 16.5. The predicted molar refractivity (Wildman–Crippen MR) is 113 cm³/mol. The molecule has 3 aromatic rings. The number of hydrogen-bond acceptors (Lipinski definition) is 3. The average Bonchev–Trinajstić information content (AvgIpc) is 3.28. The molecule has 2 aromatic carbocycles. The quantitative estimate of drug-likeness (QED) is 0.540. The molecule has 5 heteroatoms. The van der Waals surface area contributed by atoms with E-state index in [-0.39, 0.29) is 29.5 Å². The van der Waals surface area contributed by atoms with Gasteiger partial charge in [-0.3, -0.25) is 9.59 Å². The first-order valence-corrected chi connectivity index (χ1v) is 9.86. The van der Waals surface area contributed by atoms with Gasteiger partial charge < -0.3 is 15.1 Å². The molecule has 1 unspecified atom stereocenters. The number of amides is 2. The molecular formula is C24H26N2O3. The summed E-state index contributed by atoms with van der Waals surface area (Å²) < 4.78 is 5.05. The Kier molecular flexibility index (Phi) is 7.22. The molecule has 0 fully saturated rings. The number of carbonyl (C=O) groups excluding carboxylic acids is 2. The van der Waals surface area contributed by atoms with E-state index in [4.69, 9.17) is 4.42 Å². The van der Waals surface area contributed by atoms with Gasteiger partial charge in [-0.05, 0) is 36.6 Å². The molecule has 29 heavy (non-hydrogen) atoms. The van der Waals surface area contributed by atoms with Crippen molar-refractivity contribution < 1.29 is 14.0 Å². The Labute approximate surface area is 171 Å². The van der Waals surface area contributed by atoms with Gasteiger partial charge in [0, 0.05) is 24.9 Å². The Hall–Kier alpha value is -3.34. The van der Waals surface area contributed by atoms with Crippen molar-refractivity contribution in [2.45, 2.75) is 31.7 Å². The summed E-state index contributed by atoms with van der Waals surface area (Å²) in [7, 11) is 0. The minimum atomic E-state index is -0.267. The normalized spacial score (nSPS) is 11.8. The van der Waals surface area contributed by atoms with Crippen LogP contribution in [0.3, 0.4) is 0 Å². The summed E-state index contributed by atoms with van der Waals surface area (Å²) in [5.41, 5.74) is 2.33. The van der Waals surface area contributed by atoms with E-state index < -0.39 is 0 Å². The highest BCUT2D eigenvalue weighted by Crippen LogP contribution is 2.28. The number of rotatable bonds is 9. The fraction of sp³-hybridized carbons (Fsp3) is 0.250. The Balaban J connectivity index is 1.53. The summed E-state index contributed by atoms with van der Waals surface area (Å²) in [5, 5.41) is 5.88. The lowest BCUT2D eigenvalue weighted by Gasteiger charge is -2.26. The van der Waals surface area contributed by atoms with Crippen LogP contribution >= 0.6 is 0 Å². The molecule has 0 aliphatic heterocycles. The molecule has 5 nitrogen and oxygen atoms in total. The Morgan fingerprint density at radius 2 is 1.52 bits per heavy atom. The van der Waals surface area contributed by atoms with Crippen LogP contribution in [-0.2, 0) is 4.79 Å². The number of furan rings is 1. The minimum Gasteiger partial charge on any atom is -0.459 e. The molecular weight excluding hydrogens is 364 g/mol. The minimum absolute atomic E-state index is 0.0263. The molecule has 0 aliphatic carbocycles. The van der Waals surface area contributed by atoms with Crippen molar-refractivity contribution in [3.05, 3.63) is 95.9 Å². The largest absolute Gasteiger partial charge is 0.459 e. The van der Waals surface area contributed by atoms with Gasteiger partial charge in [0.05, 0.1) is 6.26 Å². The highest BCUT2D eigenvalue weighted by molar-refractivity contribution is 5.91. The van der Waals surface area contributed by atoms with E-state index in [0.29, 0.717) is 19.4 Å². The topological polar surface area (TPSA) is 71.3 Å². The molecule has 0 saturated heterocycles. The van der Waals surface area contributed by atoms with Gasteiger partial charge in [-0.2, -0.15) is 0 Å². The number of benzene rings is 2. The zero-order chi connectivity index (χ0) is 20.5. The molecule has 1 atom stereocenters. The molecule has 0 spiro atoms. The standard InChI is InChI=1S/C24H26N2O3/c1-18(23(19-10-4-2-5-11-19)20-12-6-3-7-13-20)26-22(27)15-8-16-25-24(28)21-14-9-17-29-21/h2-7,9-14,17-18,23H,8,15-16H2,1H3,(H,25,28)(H,26,27).